The average Bonchev–Trinajstić information content (AvgIpc) is 3.38. The van der Waals surface area contributed by atoms with Crippen molar-refractivity contribution in [3.63, 3.8) is 0 Å². The van der Waals surface area contributed by atoms with Gasteiger partial charge in [-0.2, -0.15) is 0 Å². The van der Waals surface area contributed by atoms with Crippen LogP contribution in [0.4, 0.5) is 0 Å². The SMILES string of the molecule is CSc1ccccc1Cc1cc(C)ccc1C(=O)c1cnoc1C1CC1. The molecule has 4 heteroatoms. The molecule has 0 N–H and O–H groups in total. The largest absolute Gasteiger partial charge is 0.360 e. The normalized spacial score (nSPS) is 13.8. The van der Waals surface area contributed by atoms with E-state index >= 15 is 0 Å². The Morgan fingerprint density at radius 2 is 1.96 bits per heavy atom. The second-order valence-corrected chi connectivity index (χ2v) is 7.70. The Morgan fingerprint density at radius 3 is 2.73 bits per heavy atom. The lowest BCUT2D eigenvalue weighted by molar-refractivity contribution is 0.103. The molecule has 0 aliphatic heterocycles. The zero-order valence-corrected chi connectivity index (χ0v) is 15.8. The Balaban J connectivity index is 1.73. The third-order valence-electron chi connectivity index (χ3n) is 4.87. The summed E-state index contributed by atoms with van der Waals surface area (Å²) in [5.74, 6) is 1.14. The summed E-state index contributed by atoms with van der Waals surface area (Å²) in [5.41, 5.74) is 4.82. The highest BCUT2D eigenvalue weighted by molar-refractivity contribution is 7.98. The van der Waals surface area contributed by atoms with E-state index in [1.54, 1.807) is 18.0 Å². The Labute approximate surface area is 157 Å². The van der Waals surface area contributed by atoms with Crippen molar-refractivity contribution in [2.24, 2.45) is 0 Å². The molecule has 0 atom stereocenters. The van der Waals surface area contributed by atoms with Gasteiger partial charge in [0.2, 0.25) is 0 Å². The van der Waals surface area contributed by atoms with Crippen molar-refractivity contribution in [2.75, 3.05) is 6.26 Å². The number of carbonyl (C=O) groups is 1. The zero-order valence-electron chi connectivity index (χ0n) is 15.0. The van der Waals surface area contributed by atoms with E-state index in [1.165, 1.54) is 10.5 Å². The Hall–Kier alpha value is -2.33. The monoisotopic (exact) mass is 363 g/mol. The molecule has 1 aromatic heterocycles. The Kier molecular flexibility index (Phi) is 4.68. The van der Waals surface area contributed by atoms with Crippen LogP contribution in [0.3, 0.4) is 0 Å². The fourth-order valence-corrected chi connectivity index (χ4v) is 3.97. The highest BCUT2D eigenvalue weighted by Gasteiger charge is 2.33. The molecule has 3 aromatic rings. The van der Waals surface area contributed by atoms with Gasteiger partial charge in [-0.25, -0.2) is 0 Å². The smallest absolute Gasteiger partial charge is 0.198 e. The van der Waals surface area contributed by atoms with Gasteiger partial charge in [-0.15, -0.1) is 11.8 Å². The maximum Gasteiger partial charge on any atom is 0.198 e. The summed E-state index contributed by atoms with van der Waals surface area (Å²) in [5, 5.41) is 3.89. The lowest BCUT2D eigenvalue weighted by Crippen LogP contribution is -2.08. The van der Waals surface area contributed by atoms with E-state index in [2.05, 4.69) is 48.7 Å². The van der Waals surface area contributed by atoms with Crippen molar-refractivity contribution in [2.45, 2.75) is 37.0 Å². The molecule has 0 saturated heterocycles. The maximum absolute atomic E-state index is 13.2. The molecule has 1 fully saturated rings. The average molecular weight is 363 g/mol. The summed E-state index contributed by atoms with van der Waals surface area (Å²) >= 11 is 1.74. The first-order chi connectivity index (χ1) is 12.7. The van der Waals surface area contributed by atoms with Crippen LogP contribution in [0.15, 0.2) is 58.1 Å². The van der Waals surface area contributed by atoms with Crippen molar-refractivity contribution in [1.82, 2.24) is 5.16 Å². The lowest BCUT2D eigenvalue weighted by atomic mass is 9.92. The first kappa shape index (κ1) is 17.1. The molecular weight excluding hydrogens is 342 g/mol. The molecule has 132 valence electrons. The van der Waals surface area contributed by atoms with Gasteiger partial charge < -0.3 is 4.52 Å². The Bertz CT molecular complexity index is 956. The second-order valence-electron chi connectivity index (χ2n) is 6.86. The topological polar surface area (TPSA) is 43.1 Å². The van der Waals surface area contributed by atoms with Crippen LogP contribution in [-0.2, 0) is 6.42 Å². The Morgan fingerprint density at radius 1 is 1.15 bits per heavy atom. The van der Waals surface area contributed by atoms with Gasteiger partial charge in [0, 0.05) is 16.4 Å². The van der Waals surface area contributed by atoms with E-state index < -0.39 is 0 Å². The highest BCUT2D eigenvalue weighted by atomic mass is 32.2. The van der Waals surface area contributed by atoms with Crippen molar-refractivity contribution in [1.29, 1.82) is 0 Å². The molecule has 3 nitrogen and oxygen atoms in total. The van der Waals surface area contributed by atoms with Gasteiger partial charge in [-0.1, -0.05) is 47.1 Å². The summed E-state index contributed by atoms with van der Waals surface area (Å²) in [6, 6.07) is 14.4. The number of ketones is 1. The molecule has 0 radical (unpaired) electrons. The number of aryl methyl sites for hydroxylation is 1. The molecule has 26 heavy (non-hydrogen) atoms. The number of carbonyl (C=O) groups excluding carboxylic acids is 1. The highest BCUT2D eigenvalue weighted by Crippen LogP contribution is 2.42. The summed E-state index contributed by atoms with van der Waals surface area (Å²) in [6.07, 6.45) is 6.56. The molecule has 1 aliphatic rings. The van der Waals surface area contributed by atoms with Gasteiger partial charge >= 0.3 is 0 Å². The minimum absolute atomic E-state index is 0.0183. The minimum Gasteiger partial charge on any atom is -0.360 e. The van der Waals surface area contributed by atoms with E-state index in [-0.39, 0.29) is 5.78 Å². The van der Waals surface area contributed by atoms with Crippen LogP contribution in [0.25, 0.3) is 0 Å². The van der Waals surface area contributed by atoms with E-state index in [4.69, 9.17) is 4.52 Å². The molecule has 1 saturated carbocycles. The lowest BCUT2D eigenvalue weighted by Gasteiger charge is -2.12. The van der Waals surface area contributed by atoms with Crippen LogP contribution in [0.1, 0.15) is 57.1 Å². The van der Waals surface area contributed by atoms with E-state index in [0.717, 1.165) is 41.7 Å². The quantitative estimate of drug-likeness (QED) is 0.434. The molecule has 0 bridgehead atoms. The first-order valence-corrected chi connectivity index (χ1v) is 10.1. The summed E-state index contributed by atoms with van der Waals surface area (Å²) in [7, 11) is 0. The maximum atomic E-state index is 13.2. The molecular formula is C22H21NO2S. The van der Waals surface area contributed by atoms with E-state index in [1.807, 2.05) is 12.1 Å². The fourth-order valence-electron chi connectivity index (χ4n) is 3.35. The van der Waals surface area contributed by atoms with Gasteiger partial charge in [0.15, 0.2) is 11.5 Å². The number of benzene rings is 2. The first-order valence-electron chi connectivity index (χ1n) is 8.88. The predicted molar refractivity (Wildman–Crippen MR) is 104 cm³/mol. The van der Waals surface area contributed by atoms with Gasteiger partial charge in [-0.05, 0) is 49.6 Å². The van der Waals surface area contributed by atoms with Gasteiger partial charge in [0.05, 0.1) is 11.8 Å². The molecule has 2 aromatic carbocycles. The summed E-state index contributed by atoms with van der Waals surface area (Å²) in [6.45, 7) is 2.06. The summed E-state index contributed by atoms with van der Waals surface area (Å²) in [4.78, 5) is 14.5. The fraction of sp³-hybridized carbons (Fsp3) is 0.273. The van der Waals surface area contributed by atoms with Crippen LogP contribution < -0.4 is 0 Å². The molecule has 0 unspecified atom stereocenters. The standard InChI is InChI=1S/C22H21NO2S/c1-14-7-10-18(21(24)19-13-23-25-22(19)15-8-9-15)17(11-14)12-16-5-3-4-6-20(16)26-2/h3-7,10-11,13,15H,8-9,12H2,1-2H3. The van der Waals surface area contributed by atoms with Crippen LogP contribution >= 0.6 is 11.8 Å². The number of nitrogens with zero attached hydrogens (tertiary/aromatic N) is 1. The second kappa shape index (κ2) is 7.12. The van der Waals surface area contributed by atoms with E-state index in [9.17, 15) is 4.79 Å². The van der Waals surface area contributed by atoms with Gasteiger partial charge in [0.1, 0.15) is 0 Å². The number of aromatic nitrogens is 1. The van der Waals surface area contributed by atoms with E-state index in [0.29, 0.717) is 11.5 Å². The molecule has 1 heterocycles. The molecule has 1 aliphatic carbocycles. The molecule has 4 rings (SSSR count). The minimum atomic E-state index is 0.0183. The van der Waals surface area contributed by atoms with Crippen molar-refractivity contribution in [3.8, 4) is 0 Å². The van der Waals surface area contributed by atoms with Gasteiger partial charge in [0.25, 0.3) is 0 Å². The van der Waals surface area contributed by atoms with Crippen LogP contribution in [0.5, 0.6) is 0 Å². The number of thioether (sulfide) groups is 1. The zero-order chi connectivity index (χ0) is 18.1. The third kappa shape index (κ3) is 3.34. The number of hydrogen-bond donors (Lipinski definition) is 0. The predicted octanol–water partition coefficient (Wildman–Crippen LogP) is 5.40. The third-order valence-corrected chi connectivity index (χ3v) is 5.71. The summed E-state index contributed by atoms with van der Waals surface area (Å²) < 4.78 is 5.38. The van der Waals surface area contributed by atoms with Crippen molar-refractivity contribution >= 4 is 17.5 Å². The van der Waals surface area contributed by atoms with Crippen LogP contribution in [0.2, 0.25) is 0 Å². The molecule has 0 spiro atoms. The van der Waals surface area contributed by atoms with Crippen LogP contribution in [0, 0.1) is 6.92 Å². The van der Waals surface area contributed by atoms with Crippen molar-refractivity contribution in [3.05, 3.63) is 82.2 Å². The van der Waals surface area contributed by atoms with Crippen LogP contribution in [-0.4, -0.2) is 17.2 Å². The molecule has 0 amide bonds. The number of hydrogen-bond acceptors (Lipinski definition) is 4. The van der Waals surface area contributed by atoms with Gasteiger partial charge in [-0.3, -0.25) is 4.79 Å². The number of rotatable bonds is 6. The van der Waals surface area contributed by atoms with Crippen molar-refractivity contribution < 1.29 is 9.32 Å².